The van der Waals surface area contributed by atoms with Gasteiger partial charge in [-0.05, 0) is 38.3 Å². The second kappa shape index (κ2) is 7.05. The lowest BCUT2D eigenvalue weighted by molar-refractivity contribution is -0.114. The second-order valence-corrected chi connectivity index (χ2v) is 8.80. The van der Waals surface area contributed by atoms with E-state index >= 15 is 0 Å². The lowest BCUT2D eigenvalue weighted by Crippen LogP contribution is -2.47. The zero-order chi connectivity index (χ0) is 21.0. The first kappa shape index (κ1) is 19.5. The molecule has 6 nitrogen and oxygen atoms in total. The number of aromatic nitrogens is 1. The van der Waals surface area contributed by atoms with E-state index in [1.165, 1.54) is 0 Å². The summed E-state index contributed by atoms with van der Waals surface area (Å²) < 4.78 is 42.3. The van der Waals surface area contributed by atoms with Crippen molar-refractivity contribution >= 4 is 38.3 Å². The minimum absolute atomic E-state index is 0.143. The molecule has 4 heterocycles. The quantitative estimate of drug-likeness (QED) is 0.670. The highest BCUT2D eigenvalue weighted by molar-refractivity contribution is 7.22. The summed E-state index contributed by atoms with van der Waals surface area (Å²) in [6.45, 7) is 3.71. The standard InChI is InChI=1S/C20H20F3N5OS/c1-12(26-10-8-13-5-4-9-27(13)11-26)16-17(20(21,22)23)25-28(18(16)29)19-24-14-6-2-3-7-15(14)30-19/h2-3,6-7,13H,4-5,8-11H2,1H3/b16-12-. The van der Waals surface area contributed by atoms with E-state index in [4.69, 9.17) is 0 Å². The molecule has 0 aliphatic carbocycles. The van der Waals surface area contributed by atoms with Gasteiger partial charge in [0.25, 0.3) is 5.91 Å². The van der Waals surface area contributed by atoms with Crippen molar-refractivity contribution in [3.05, 3.63) is 35.5 Å². The Hall–Kier alpha value is -2.46. The molecule has 1 aromatic carbocycles. The summed E-state index contributed by atoms with van der Waals surface area (Å²) in [4.78, 5) is 21.6. The summed E-state index contributed by atoms with van der Waals surface area (Å²) in [5, 5.41) is 4.64. The number of thiazole rings is 1. The zero-order valence-corrected chi connectivity index (χ0v) is 17.1. The lowest BCUT2D eigenvalue weighted by atomic mass is 10.1. The molecule has 30 heavy (non-hydrogen) atoms. The highest BCUT2D eigenvalue weighted by atomic mass is 32.1. The summed E-state index contributed by atoms with van der Waals surface area (Å²) in [7, 11) is 0. The molecule has 2 fully saturated rings. The van der Waals surface area contributed by atoms with Crippen LogP contribution in [0.3, 0.4) is 0 Å². The molecule has 5 rings (SSSR count). The fourth-order valence-electron chi connectivity index (χ4n) is 4.44. The number of benzene rings is 1. The average molecular weight is 435 g/mol. The monoisotopic (exact) mass is 435 g/mol. The number of carbonyl (C=O) groups is 1. The topological polar surface area (TPSA) is 52.0 Å². The van der Waals surface area contributed by atoms with Gasteiger partial charge in [0.2, 0.25) is 5.13 Å². The van der Waals surface area contributed by atoms with Gasteiger partial charge in [0, 0.05) is 24.8 Å². The van der Waals surface area contributed by atoms with Crippen LogP contribution < -0.4 is 5.01 Å². The van der Waals surface area contributed by atoms with Crippen LogP contribution in [0.5, 0.6) is 0 Å². The zero-order valence-electron chi connectivity index (χ0n) is 16.3. The molecular weight excluding hydrogens is 415 g/mol. The number of rotatable bonds is 2. The lowest BCUT2D eigenvalue weighted by Gasteiger charge is -2.39. The van der Waals surface area contributed by atoms with Gasteiger partial charge in [0.15, 0.2) is 5.71 Å². The molecule has 2 saturated heterocycles. The third-order valence-corrected chi connectivity index (χ3v) is 7.01. The van der Waals surface area contributed by atoms with Crippen LogP contribution >= 0.6 is 11.3 Å². The van der Waals surface area contributed by atoms with Crippen LogP contribution in [-0.4, -0.2) is 58.4 Å². The first-order valence-corrected chi connectivity index (χ1v) is 10.7. The van der Waals surface area contributed by atoms with E-state index < -0.39 is 17.8 Å². The Morgan fingerprint density at radius 1 is 1.20 bits per heavy atom. The maximum absolute atomic E-state index is 13.8. The molecule has 1 unspecified atom stereocenters. The number of amides is 1. The fourth-order valence-corrected chi connectivity index (χ4v) is 5.36. The van der Waals surface area contributed by atoms with Crippen molar-refractivity contribution in [3.63, 3.8) is 0 Å². The maximum atomic E-state index is 13.8. The number of allylic oxidation sites excluding steroid dienone is 1. The van der Waals surface area contributed by atoms with E-state index in [0.717, 1.165) is 46.9 Å². The van der Waals surface area contributed by atoms with Crippen LogP contribution in [0.2, 0.25) is 0 Å². The van der Waals surface area contributed by atoms with E-state index in [0.29, 0.717) is 30.5 Å². The van der Waals surface area contributed by atoms with Gasteiger partial charge in [0.1, 0.15) is 0 Å². The van der Waals surface area contributed by atoms with Crippen LogP contribution in [0.1, 0.15) is 26.2 Å². The predicted octanol–water partition coefficient (Wildman–Crippen LogP) is 3.96. The first-order chi connectivity index (χ1) is 14.3. The largest absolute Gasteiger partial charge is 0.436 e. The molecule has 1 atom stereocenters. The molecule has 2 aromatic rings. The molecule has 0 saturated carbocycles. The molecule has 3 aliphatic rings. The van der Waals surface area contributed by atoms with Crippen molar-refractivity contribution in [3.8, 4) is 0 Å². The fraction of sp³-hybridized carbons (Fsp3) is 0.450. The van der Waals surface area contributed by atoms with Crippen molar-refractivity contribution in [2.75, 3.05) is 24.8 Å². The number of hydrogen-bond acceptors (Lipinski definition) is 6. The molecule has 0 N–H and O–H groups in total. The van der Waals surface area contributed by atoms with Gasteiger partial charge in [-0.3, -0.25) is 9.69 Å². The van der Waals surface area contributed by atoms with Crippen LogP contribution in [0.4, 0.5) is 18.3 Å². The number of anilines is 1. The van der Waals surface area contributed by atoms with Crippen LogP contribution in [-0.2, 0) is 4.79 Å². The van der Waals surface area contributed by atoms with Crippen molar-refractivity contribution in [2.45, 2.75) is 38.4 Å². The van der Waals surface area contributed by atoms with E-state index in [1.807, 2.05) is 17.0 Å². The molecule has 10 heteroatoms. The van der Waals surface area contributed by atoms with E-state index in [2.05, 4.69) is 15.0 Å². The van der Waals surface area contributed by atoms with Gasteiger partial charge in [-0.25, -0.2) is 4.98 Å². The second-order valence-electron chi connectivity index (χ2n) is 7.79. The molecule has 3 aliphatic heterocycles. The predicted molar refractivity (Wildman–Crippen MR) is 109 cm³/mol. The van der Waals surface area contributed by atoms with Crippen LogP contribution in [0, 0.1) is 0 Å². The van der Waals surface area contributed by atoms with Crippen molar-refractivity contribution in [1.29, 1.82) is 0 Å². The Morgan fingerprint density at radius 3 is 2.77 bits per heavy atom. The van der Waals surface area contributed by atoms with Gasteiger partial charge in [-0.1, -0.05) is 23.5 Å². The number of halogens is 3. The van der Waals surface area contributed by atoms with Gasteiger partial charge >= 0.3 is 6.18 Å². The maximum Gasteiger partial charge on any atom is 0.436 e. The number of hydrazone groups is 1. The number of hydrogen-bond donors (Lipinski definition) is 0. The third kappa shape index (κ3) is 3.18. The number of para-hydroxylation sites is 1. The molecular formula is C20H20F3N5OS. The van der Waals surface area contributed by atoms with Crippen molar-refractivity contribution in [2.24, 2.45) is 5.10 Å². The number of alkyl halides is 3. The van der Waals surface area contributed by atoms with E-state index in [-0.39, 0.29) is 10.7 Å². The number of nitrogens with zero attached hydrogens (tertiary/aromatic N) is 5. The summed E-state index contributed by atoms with van der Waals surface area (Å²) >= 11 is 1.15. The summed E-state index contributed by atoms with van der Waals surface area (Å²) in [6, 6.07) is 7.67. The summed E-state index contributed by atoms with van der Waals surface area (Å²) in [5.41, 5.74) is -0.573. The first-order valence-electron chi connectivity index (χ1n) is 9.89. The molecule has 0 spiro atoms. The van der Waals surface area contributed by atoms with Gasteiger partial charge < -0.3 is 4.90 Å². The minimum atomic E-state index is -4.73. The van der Waals surface area contributed by atoms with Crippen molar-refractivity contribution in [1.82, 2.24) is 14.8 Å². The van der Waals surface area contributed by atoms with Crippen LogP contribution in [0.25, 0.3) is 10.2 Å². The highest BCUT2D eigenvalue weighted by Crippen LogP contribution is 2.37. The normalized spacial score (nSPS) is 24.6. The van der Waals surface area contributed by atoms with Gasteiger partial charge in [0.05, 0.1) is 22.5 Å². The molecule has 0 bridgehead atoms. The number of carbonyl (C=O) groups excluding carboxylic acids is 1. The molecule has 1 aromatic heterocycles. The van der Waals surface area contributed by atoms with Crippen LogP contribution in [0.15, 0.2) is 40.6 Å². The SMILES string of the molecule is C/C(=C1/C(=O)N(c2nc3ccccc3s2)N=C1C(F)(F)F)N1CCC2CCCN2C1. The molecule has 1 amide bonds. The van der Waals surface area contributed by atoms with Gasteiger partial charge in [-0.2, -0.15) is 23.3 Å². The van der Waals surface area contributed by atoms with Crippen molar-refractivity contribution < 1.29 is 18.0 Å². The average Bonchev–Trinajstić information content (AvgIpc) is 3.42. The Morgan fingerprint density at radius 2 is 2.00 bits per heavy atom. The highest BCUT2D eigenvalue weighted by Gasteiger charge is 2.49. The molecule has 0 radical (unpaired) electrons. The Bertz CT molecular complexity index is 1040. The third-order valence-electron chi connectivity index (χ3n) is 6.00. The summed E-state index contributed by atoms with van der Waals surface area (Å²) in [6.07, 6.45) is -1.61. The van der Waals surface area contributed by atoms with E-state index in [9.17, 15) is 18.0 Å². The Balaban J connectivity index is 1.53. The Kier molecular flexibility index (Phi) is 4.59. The summed E-state index contributed by atoms with van der Waals surface area (Å²) in [5.74, 6) is -0.776. The molecule has 158 valence electrons. The number of fused-ring (bicyclic) bond motifs is 2. The van der Waals surface area contributed by atoms with Gasteiger partial charge in [-0.15, -0.1) is 0 Å². The van der Waals surface area contributed by atoms with E-state index in [1.54, 1.807) is 19.1 Å². The minimum Gasteiger partial charge on any atom is -0.361 e. The Labute approximate surface area is 175 Å². The smallest absolute Gasteiger partial charge is 0.361 e.